The first-order valence-corrected chi connectivity index (χ1v) is 6.24. The number of hydrogen-bond acceptors (Lipinski definition) is 4. The lowest BCUT2D eigenvalue weighted by atomic mass is 10.2. The van der Waals surface area contributed by atoms with Crippen molar-refractivity contribution in [2.24, 2.45) is 0 Å². The molecule has 0 radical (unpaired) electrons. The number of benzene rings is 1. The zero-order valence-corrected chi connectivity index (χ0v) is 11.1. The molecule has 0 aliphatic rings. The zero-order valence-electron chi connectivity index (χ0n) is 11.1. The summed E-state index contributed by atoms with van der Waals surface area (Å²) in [5.74, 6) is -0.00729. The van der Waals surface area contributed by atoms with E-state index in [0.717, 1.165) is 5.56 Å². The topological polar surface area (TPSA) is 64.2 Å². The van der Waals surface area contributed by atoms with Crippen LogP contribution in [0, 0.1) is 10.1 Å². The van der Waals surface area contributed by atoms with Gasteiger partial charge >= 0.3 is 5.82 Å². The lowest BCUT2D eigenvalue weighted by Crippen LogP contribution is -2.27. The van der Waals surface area contributed by atoms with E-state index < -0.39 is 4.92 Å². The monoisotopic (exact) mass is 272 g/mol. The molecule has 0 aliphatic carbocycles. The summed E-state index contributed by atoms with van der Waals surface area (Å²) in [4.78, 5) is 12.5. The predicted molar refractivity (Wildman–Crippen MR) is 75.9 cm³/mol. The van der Waals surface area contributed by atoms with Crippen LogP contribution < -0.4 is 0 Å². The molecule has 0 amide bonds. The van der Waals surface area contributed by atoms with Crippen LogP contribution in [0.25, 0.3) is 0 Å². The first kappa shape index (κ1) is 14.0. The van der Waals surface area contributed by atoms with E-state index in [1.54, 1.807) is 6.08 Å². The van der Waals surface area contributed by atoms with Crippen LogP contribution in [-0.4, -0.2) is 26.1 Å². The molecule has 0 unspecified atom stereocenters. The third kappa shape index (κ3) is 3.52. The van der Waals surface area contributed by atoms with Gasteiger partial charge in [0.25, 0.3) is 0 Å². The van der Waals surface area contributed by atoms with Gasteiger partial charge < -0.3 is 10.1 Å². The van der Waals surface area contributed by atoms with Crippen LogP contribution in [0.15, 0.2) is 55.3 Å². The van der Waals surface area contributed by atoms with Gasteiger partial charge in [-0.3, -0.25) is 4.90 Å². The molecule has 0 bridgehead atoms. The van der Waals surface area contributed by atoms with Gasteiger partial charge in [0, 0.05) is 13.1 Å². The minimum absolute atomic E-state index is 0.00729. The largest absolute Gasteiger partial charge is 0.358 e. The first-order valence-electron chi connectivity index (χ1n) is 6.24. The molecule has 1 aromatic carbocycles. The lowest BCUT2D eigenvalue weighted by Gasteiger charge is -2.18. The van der Waals surface area contributed by atoms with Gasteiger partial charge in [-0.25, -0.2) is 0 Å². The molecule has 2 aromatic rings. The molecular weight excluding hydrogens is 256 g/mol. The minimum Gasteiger partial charge on any atom is -0.358 e. The van der Waals surface area contributed by atoms with Crippen molar-refractivity contribution in [3.8, 4) is 0 Å². The van der Waals surface area contributed by atoms with Crippen molar-refractivity contribution >= 4 is 5.82 Å². The maximum absolute atomic E-state index is 10.9. The number of aromatic nitrogens is 2. The van der Waals surface area contributed by atoms with Gasteiger partial charge in [0.15, 0.2) is 6.67 Å². The molecule has 0 N–H and O–H groups in total. The van der Waals surface area contributed by atoms with Crippen LogP contribution in [0.5, 0.6) is 0 Å². The van der Waals surface area contributed by atoms with Gasteiger partial charge in [0.2, 0.25) is 0 Å². The van der Waals surface area contributed by atoms with Crippen LogP contribution in [0.4, 0.5) is 5.82 Å². The van der Waals surface area contributed by atoms with Gasteiger partial charge in [0.05, 0.1) is 12.3 Å². The Morgan fingerprint density at radius 2 is 2.10 bits per heavy atom. The summed E-state index contributed by atoms with van der Waals surface area (Å²) in [6, 6.07) is 11.3. The number of rotatable bonds is 7. The highest BCUT2D eigenvalue weighted by molar-refractivity contribution is 5.17. The van der Waals surface area contributed by atoms with E-state index in [0.29, 0.717) is 19.8 Å². The van der Waals surface area contributed by atoms with Crippen molar-refractivity contribution in [1.82, 2.24) is 14.7 Å². The third-order valence-electron chi connectivity index (χ3n) is 2.85. The first-order chi connectivity index (χ1) is 9.70. The summed E-state index contributed by atoms with van der Waals surface area (Å²) in [6.45, 7) is 5.39. The lowest BCUT2D eigenvalue weighted by molar-refractivity contribution is -0.393. The summed E-state index contributed by atoms with van der Waals surface area (Å²) >= 11 is 0. The Labute approximate surface area is 117 Å². The number of nitrogens with zero attached hydrogens (tertiary/aromatic N) is 4. The highest BCUT2D eigenvalue weighted by Crippen LogP contribution is 2.12. The van der Waals surface area contributed by atoms with Crippen LogP contribution >= 0.6 is 0 Å². The molecule has 0 fully saturated rings. The van der Waals surface area contributed by atoms with E-state index in [9.17, 15) is 10.1 Å². The summed E-state index contributed by atoms with van der Waals surface area (Å²) in [5.41, 5.74) is 1.14. The molecule has 0 saturated carbocycles. The average Bonchev–Trinajstić information content (AvgIpc) is 2.88. The second kappa shape index (κ2) is 6.63. The summed E-state index contributed by atoms with van der Waals surface area (Å²) in [7, 11) is 0. The molecule has 2 rings (SSSR count). The summed E-state index contributed by atoms with van der Waals surface area (Å²) in [6.07, 6.45) is 3.21. The number of nitro groups is 1. The Bertz CT molecular complexity index is 580. The van der Waals surface area contributed by atoms with Crippen LogP contribution in [0.3, 0.4) is 0 Å². The molecule has 0 spiro atoms. The Kier molecular flexibility index (Phi) is 4.62. The molecule has 6 heteroatoms. The highest BCUT2D eigenvalue weighted by Gasteiger charge is 2.16. The van der Waals surface area contributed by atoms with Crippen LogP contribution in [0.1, 0.15) is 5.56 Å². The molecule has 1 heterocycles. The van der Waals surface area contributed by atoms with Gasteiger partial charge in [-0.05, 0) is 10.5 Å². The molecule has 0 saturated heterocycles. The van der Waals surface area contributed by atoms with Crippen molar-refractivity contribution in [1.29, 1.82) is 0 Å². The van der Waals surface area contributed by atoms with Crippen LogP contribution in [0.2, 0.25) is 0 Å². The molecule has 0 aliphatic heterocycles. The third-order valence-corrected chi connectivity index (χ3v) is 2.85. The standard InChI is InChI=1S/C14H16N4O2/c1-2-10-16(11-13-6-4-3-5-7-13)12-17-14(18(19)20)8-9-15-17/h2-9H,1,10-12H2. The van der Waals surface area contributed by atoms with E-state index in [4.69, 9.17) is 0 Å². The molecular formula is C14H16N4O2. The summed E-state index contributed by atoms with van der Waals surface area (Å²) < 4.78 is 1.38. The van der Waals surface area contributed by atoms with Crippen molar-refractivity contribution in [3.05, 3.63) is 70.9 Å². The maximum Gasteiger partial charge on any atom is 0.346 e. The number of hydrogen-bond donors (Lipinski definition) is 0. The Morgan fingerprint density at radius 3 is 2.75 bits per heavy atom. The highest BCUT2D eigenvalue weighted by atomic mass is 16.6. The van der Waals surface area contributed by atoms with Gasteiger partial charge in [-0.1, -0.05) is 41.5 Å². The Hall–Kier alpha value is -2.47. The molecule has 20 heavy (non-hydrogen) atoms. The maximum atomic E-state index is 10.9. The fourth-order valence-electron chi connectivity index (χ4n) is 1.98. The van der Waals surface area contributed by atoms with E-state index >= 15 is 0 Å². The van der Waals surface area contributed by atoms with E-state index in [2.05, 4.69) is 11.7 Å². The molecule has 0 atom stereocenters. The molecule has 104 valence electrons. The quantitative estimate of drug-likeness (QED) is 0.441. The van der Waals surface area contributed by atoms with Gasteiger partial charge in [-0.2, -0.15) is 0 Å². The van der Waals surface area contributed by atoms with Gasteiger partial charge in [0.1, 0.15) is 0 Å². The summed E-state index contributed by atoms with van der Waals surface area (Å²) in [5, 5.41) is 14.9. The van der Waals surface area contributed by atoms with Crippen molar-refractivity contribution in [2.45, 2.75) is 13.2 Å². The minimum atomic E-state index is -0.429. The fraction of sp³-hybridized carbons (Fsp3) is 0.214. The normalized spacial score (nSPS) is 10.7. The van der Waals surface area contributed by atoms with Gasteiger partial charge in [-0.15, -0.1) is 11.3 Å². The zero-order chi connectivity index (χ0) is 14.4. The van der Waals surface area contributed by atoms with E-state index in [1.807, 2.05) is 35.2 Å². The van der Waals surface area contributed by atoms with Crippen molar-refractivity contribution in [2.75, 3.05) is 6.54 Å². The second-order valence-electron chi connectivity index (χ2n) is 4.37. The van der Waals surface area contributed by atoms with Crippen molar-refractivity contribution < 1.29 is 4.92 Å². The SMILES string of the molecule is C=CCN(Cc1ccccc1)Cn1nccc1[N+](=O)[O-]. The fourth-order valence-corrected chi connectivity index (χ4v) is 1.98. The average molecular weight is 272 g/mol. The second-order valence-corrected chi connectivity index (χ2v) is 4.37. The van der Waals surface area contributed by atoms with Crippen molar-refractivity contribution in [3.63, 3.8) is 0 Å². The van der Waals surface area contributed by atoms with E-state index in [1.165, 1.54) is 16.9 Å². The van der Waals surface area contributed by atoms with E-state index in [-0.39, 0.29) is 5.82 Å². The Morgan fingerprint density at radius 1 is 1.35 bits per heavy atom. The van der Waals surface area contributed by atoms with Crippen LogP contribution in [-0.2, 0) is 13.2 Å². The Balaban J connectivity index is 2.11. The predicted octanol–water partition coefficient (Wildman–Crippen LogP) is 2.44. The molecule has 6 nitrogen and oxygen atoms in total. The molecule has 1 aromatic heterocycles. The smallest absolute Gasteiger partial charge is 0.346 e.